The van der Waals surface area contributed by atoms with Gasteiger partial charge in [-0.2, -0.15) is 0 Å². The Hall–Kier alpha value is -1.59. The minimum atomic E-state index is -0.990. The SMILES string of the molecule is CC[C@H](Sc1ccc(Cl)cc1)C(=O)Nc1ccc(F)c(F)c1. The maximum atomic E-state index is 13.2. The first-order valence-corrected chi connectivity index (χ1v) is 7.93. The Morgan fingerprint density at radius 3 is 2.45 bits per heavy atom. The minimum Gasteiger partial charge on any atom is -0.325 e. The average Bonchev–Trinajstić information content (AvgIpc) is 2.50. The van der Waals surface area contributed by atoms with Gasteiger partial charge < -0.3 is 5.32 Å². The van der Waals surface area contributed by atoms with E-state index in [2.05, 4.69) is 5.32 Å². The van der Waals surface area contributed by atoms with Crippen LogP contribution in [0.25, 0.3) is 0 Å². The molecule has 0 fully saturated rings. The van der Waals surface area contributed by atoms with Crippen LogP contribution < -0.4 is 5.32 Å². The number of nitrogens with one attached hydrogen (secondary N) is 1. The first-order valence-electron chi connectivity index (χ1n) is 6.67. The van der Waals surface area contributed by atoms with Gasteiger partial charge in [0.25, 0.3) is 0 Å². The van der Waals surface area contributed by atoms with Crippen LogP contribution in [-0.2, 0) is 4.79 Å². The molecule has 0 aliphatic heterocycles. The van der Waals surface area contributed by atoms with E-state index < -0.39 is 11.6 Å². The number of amides is 1. The first kappa shape index (κ1) is 16.8. The fourth-order valence-corrected chi connectivity index (χ4v) is 2.88. The van der Waals surface area contributed by atoms with E-state index in [4.69, 9.17) is 11.6 Å². The van der Waals surface area contributed by atoms with Gasteiger partial charge in [0.2, 0.25) is 5.91 Å². The molecule has 2 aromatic carbocycles. The normalized spacial score (nSPS) is 12.0. The van der Waals surface area contributed by atoms with Crippen LogP contribution in [0, 0.1) is 11.6 Å². The van der Waals surface area contributed by atoms with E-state index in [0.717, 1.165) is 17.0 Å². The van der Waals surface area contributed by atoms with Gasteiger partial charge in [-0.25, -0.2) is 8.78 Å². The molecule has 2 aromatic rings. The molecule has 0 heterocycles. The number of carbonyl (C=O) groups excluding carboxylic acids is 1. The summed E-state index contributed by atoms with van der Waals surface area (Å²) in [5, 5.41) is 2.89. The molecule has 22 heavy (non-hydrogen) atoms. The maximum absolute atomic E-state index is 13.2. The van der Waals surface area contributed by atoms with Crippen LogP contribution in [0.2, 0.25) is 5.02 Å². The van der Waals surface area contributed by atoms with Gasteiger partial charge in [-0.1, -0.05) is 18.5 Å². The highest BCUT2D eigenvalue weighted by molar-refractivity contribution is 8.00. The molecule has 2 nitrogen and oxygen atoms in total. The zero-order valence-electron chi connectivity index (χ0n) is 11.8. The molecule has 0 unspecified atom stereocenters. The topological polar surface area (TPSA) is 29.1 Å². The highest BCUT2D eigenvalue weighted by Gasteiger charge is 2.18. The number of rotatable bonds is 5. The lowest BCUT2D eigenvalue weighted by Gasteiger charge is -2.15. The summed E-state index contributed by atoms with van der Waals surface area (Å²) in [4.78, 5) is 13.2. The van der Waals surface area contributed by atoms with Gasteiger partial charge in [0, 0.05) is 21.7 Å². The Labute approximate surface area is 136 Å². The molecule has 0 radical (unpaired) electrons. The van der Waals surface area contributed by atoms with Crippen molar-refractivity contribution in [3.8, 4) is 0 Å². The van der Waals surface area contributed by atoms with Crippen LogP contribution in [0.3, 0.4) is 0 Å². The highest BCUT2D eigenvalue weighted by atomic mass is 35.5. The van der Waals surface area contributed by atoms with Crippen molar-refractivity contribution in [2.24, 2.45) is 0 Å². The van der Waals surface area contributed by atoms with E-state index >= 15 is 0 Å². The Bertz CT molecular complexity index is 664. The Balaban J connectivity index is 2.04. The quantitative estimate of drug-likeness (QED) is 0.764. The largest absolute Gasteiger partial charge is 0.325 e. The van der Waals surface area contributed by atoms with Gasteiger partial charge in [-0.15, -0.1) is 11.8 Å². The number of carbonyl (C=O) groups is 1. The van der Waals surface area contributed by atoms with Crippen molar-refractivity contribution in [2.45, 2.75) is 23.5 Å². The van der Waals surface area contributed by atoms with E-state index in [-0.39, 0.29) is 16.8 Å². The van der Waals surface area contributed by atoms with Gasteiger partial charge in [-0.3, -0.25) is 4.79 Å². The summed E-state index contributed by atoms with van der Waals surface area (Å²) < 4.78 is 26.0. The Kier molecular flexibility index (Phi) is 5.80. The molecule has 0 saturated heterocycles. The second kappa shape index (κ2) is 7.61. The summed E-state index contributed by atoms with van der Waals surface area (Å²) in [5.74, 6) is -2.19. The van der Waals surface area contributed by atoms with Crippen LogP contribution >= 0.6 is 23.4 Å². The zero-order valence-corrected chi connectivity index (χ0v) is 13.3. The summed E-state index contributed by atoms with van der Waals surface area (Å²) >= 11 is 7.22. The molecule has 0 aliphatic rings. The van der Waals surface area contributed by atoms with Crippen molar-refractivity contribution in [1.82, 2.24) is 0 Å². The predicted molar refractivity (Wildman–Crippen MR) is 86.4 cm³/mol. The molecule has 2 rings (SSSR count). The van der Waals surface area contributed by atoms with Crippen molar-refractivity contribution < 1.29 is 13.6 Å². The zero-order chi connectivity index (χ0) is 16.1. The third kappa shape index (κ3) is 4.45. The lowest BCUT2D eigenvalue weighted by Crippen LogP contribution is -2.24. The molecule has 1 amide bonds. The van der Waals surface area contributed by atoms with E-state index in [9.17, 15) is 13.6 Å². The van der Waals surface area contributed by atoms with E-state index in [1.54, 1.807) is 12.1 Å². The van der Waals surface area contributed by atoms with Crippen molar-refractivity contribution in [3.05, 3.63) is 59.1 Å². The summed E-state index contributed by atoms with van der Waals surface area (Å²) in [7, 11) is 0. The summed E-state index contributed by atoms with van der Waals surface area (Å²) in [6.45, 7) is 1.89. The number of anilines is 1. The maximum Gasteiger partial charge on any atom is 0.237 e. The van der Waals surface area contributed by atoms with E-state index in [1.807, 2.05) is 19.1 Å². The van der Waals surface area contributed by atoms with Crippen molar-refractivity contribution in [3.63, 3.8) is 0 Å². The van der Waals surface area contributed by atoms with Gasteiger partial charge in [0.05, 0.1) is 5.25 Å². The second-order valence-electron chi connectivity index (χ2n) is 4.59. The van der Waals surface area contributed by atoms with Crippen LogP contribution in [0.4, 0.5) is 14.5 Å². The van der Waals surface area contributed by atoms with Crippen molar-refractivity contribution >= 4 is 35.0 Å². The third-order valence-electron chi connectivity index (χ3n) is 2.94. The summed E-state index contributed by atoms with van der Waals surface area (Å²) in [6.07, 6.45) is 0.600. The van der Waals surface area contributed by atoms with Crippen LogP contribution in [0.5, 0.6) is 0 Å². The number of hydrogen-bond acceptors (Lipinski definition) is 2. The van der Waals surface area contributed by atoms with E-state index in [0.29, 0.717) is 11.4 Å². The number of hydrogen-bond donors (Lipinski definition) is 1. The molecule has 6 heteroatoms. The molecule has 0 aromatic heterocycles. The molecule has 0 spiro atoms. The molecule has 116 valence electrons. The van der Waals surface area contributed by atoms with Gasteiger partial charge in [-0.05, 0) is 42.8 Å². The molecule has 1 atom stereocenters. The summed E-state index contributed by atoms with van der Waals surface area (Å²) in [5.41, 5.74) is 0.235. The number of benzene rings is 2. The number of halogens is 3. The minimum absolute atomic E-state index is 0.235. The lowest BCUT2D eigenvalue weighted by atomic mass is 10.2. The Morgan fingerprint density at radius 1 is 1.18 bits per heavy atom. The predicted octanol–water partition coefficient (Wildman–Crippen LogP) is 5.13. The lowest BCUT2D eigenvalue weighted by molar-refractivity contribution is -0.115. The molecule has 0 bridgehead atoms. The van der Waals surface area contributed by atoms with Gasteiger partial charge >= 0.3 is 0 Å². The van der Waals surface area contributed by atoms with Crippen molar-refractivity contribution in [2.75, 3.05) is 5.32 Å². The smallest absolute Gasteiger partial charge is 0.237 e. The standard InChI is InChI=1S/C16H14ClF2NOS/c1-2-15(22-12-6-3-10(17)4-7-12)16(21)20-11-5-8-13(18)14(19)9-11/h3-9,15H,2H2,1H3,(H,20,21)/t15-/m0/s1. The third-order valence-corrected chi connectivity index (χ3v) is 4.57. The van der Waals surface area contributed by atoms with Gasteiger partial charge in [0.15, 0.2) is 11.6 Å². The summed E-state index contributed by atoms with van der Waals surface area (Å²) in [6, 6.07) is 10.5. The molecule has 1 N–H and O–H groups in total. The number of thioether (sulfide) groups is 1. The van der Waals surface area contributed by atoms with Crippen LogP contribution in [-0.4, -0.2) is 11.2 Å². The fourth-order valence-electron chi connectivity index (χ4n) is 1.80. The molecular weight excluding hydrogens is 328 g/mol. The monoisotopic (exact) mass is 341 g/mol. The fraction of sp³-hybridized carbons (Fsp3) is 0.188. The Morgan fingerprint density at radius 2 is 1.86 bits per heavy atom. The molecule has 0 saturated carbocycles. The van der Waals surface area contributed by atoms with Gasteiger partial charge in [0.1, 0.15) is 0 Å². The first-order chi connectivity index (χ1) is 10.5. The molecule has 0 aliphatic carbocycles. The average molecular weight is 342 g/mol. The van der Waals surface area contributed by atoms with Crippen LogP contribution in [0.1, 0.15) is 13.3 Å². The van der Waals surface area contributed by atoms with Crippen molar-refractivity contribution in [1.29, 1.82) is 0 Å². The van der Waals surface area contributed by atoms with E-state index in [1.165, 1.54) is 17.8 Å². The second-order valence-corrected chi connectivity index (χ2v) is 6.30. The molecular formula is C16H14ClF2NOS. The van der Waals surface area contributed by atoms with Crippen LogP contribution in [0.15, 0.2) is 47.4 Å². The highest BCUT2D eigenvalue weighted by Crippen LogP contribution is 2.27.